The number of benzene rings is 3. The molecule has 0 atom stereocenters. The van der Waals surface area contributed by atoms with Crippen LogP contribution in [0.3, 0.4) is 0 Å². The third-order valence-electron chi connectivity index (χ3n) is 5.25. The highest BCUT2D eigenvalue weighted by Crippen LogP contribution is 2.39. The number of ether oxygens (including phenoxy) is 2. The van der Waals surface area contributed by atoms with Gasteiger partial charge in [0.05, 0.1) is 35.6 Å². The monoisotopic (exact) mass is 460 g/mol. The summed E-state index contributed by atoms with van der Waals surface area (Å²) in [6.45, 7) is 3.74. The van der Waals surface area contributed by atoms with Crippen LogP contribution in [0.1, 0.15) is 24.0 Å². The Morgan fingerprint density at radius 3 is 1.47 bits per heavy atom. The maximum Gasteiger partial charge on any atom is 0.317 e. The van der Waals surface area contributed by atoms with E-state index in [0.717, 1.165) is 21.3 Å². The summed E-state index contributed by atoms with van der Waals surface area (Å²) in [5, 5.41) is 23.3. The Morgan fingerprint density at radius 2 is 1.09 bits per heavy atom. The molecule has 3 aromatic carbocycles. The van der Waals surface area contributed by atoms with E-state index in [0.29, 0.717) is 11.5 Å². The molecule has 8 nitrogen and oxygen atoms in total. The quantitative estimate of drug-likeness (QED) is 0.395. The summed E-state index contributed by atoms with van der Waals surface area (Å²) >= 11 is 0. The molecule has 2 N–H and O–H groups in total. The predicted octanol–water partition coefficient (Wildman–Crippen LogP) is 4.91. The molecule has 0 fully saturated rings. The molecule has 0 radical (unpaired) electrons. The lowest BCUT2D eigenvalue weighted by Crippen LogP contribution is -2.35. The van der Waals surface area contributed by atoms with Crippen LogP contribution in [-0.4, -0.2) is 22.4 Å². The molecule has 174 valence electrons. The molecule has 0 saturated carbocycles. The van der Waals surface area contributed by atoms with E-state index >= 15 is 0 Å². The van der Waals surface area contributed by atoms with Gasteiger partial charge in [-0.05, 0) is 61.4 Å². The number of carbonyl (C=O) groups excluding carboxylic acids is 2. The number of hydrogen-bond donors (Lipinski definition) is 2. The molecule has 34 heavy (non-hydrogen) atoms. The van der Waals surface area contributed by atoms with Gasteiger partial charge in [0.25, 0.3) is 0 Å². The Kier molecular flexibility index (Phi) is 6.62. The first-order chi connectivity index (χ1) is 16.3. The Hall–Kier alpha value is -4.14. The van der Waals surface area contributed by atoms with E-state index in [1.54, 1.807) is 60.7 Å². The summed E-state index contributed by atoms with van der Waals surface area (Å²) in [5.41, 5.74) is 2.33. The van der Waals surface area contributed by atoms with Crippen LogP contribution in [0.2, 0.25) is 0 Å². The molecule has 1 aliphatic heterocycles. The zero-order valence-corrected chi connectivity index (χ0v) is 18.8. The first-order valence-corrected chi connectivity index (χ1v) is 10.7. The smallest absolute Gasteiger partial charge is 0.317 e. The van der Waals surface area contributed by atoms with Crippen molar-refractivity contribution in [2.24, 2.45) is 0 Å². The number of carbonyl (C=O) groups is 2. The molecule has 0 aromatic heterocycles. The van der Waals surface area contributed by atoms with Crippen molar-refractivity contribution in [3.05, 3.63) is 95.3 Å². The van der Waals surface area contributed by atoms with E-state index < -0.39 is 24.8 Å². The van der Waals surface area contributed by atoms with E-state index in [9.17, 15) is 20.0 Å². The van der Waals surface area contributed by atoms with Crippen LogP contribution >= 0.6 is 0 Å². The Labute approximate surface area is 196 Å². The maximum absolute atomic E-state index is 12.7. The second-order valence-electron chi connectivity index (χ2n) is 7.94. The van der Waals surface area contributed by atoms with Gasteiger partial charge >= 0.3 is 11.9 Å². The minimum Gasteiger partial charge on any atom is -0.426 e. The predicted molar refractivity (Wildman–Crippen MR) is 125 cm³/mol. The Morgan fingerprint density at radius 1 is 0.676 bits per heavy atom. The third-order valence-corrected chi connectivity index (χ3v) is 5.25. The van der Waals surface area contributed by atoms with Crippen molar-refractivity contribution < 1.29 is 29.5 Å². The fourth-order valence-corrected chi connectivity index (χ4v) is 3.68. The number of fused-ring (bicyclic) bond motifs is 1. The third kappa shape index (κ3) is 5.09. The fourth-order valence-electron chi connectivity index (χ4n) is 3.68. The van der Waals surface area contributed by atoms with Crippen molar-refractivity contribution in [1.82, 2.24) is 0 Å². The number of esters is 2. The molecule has 0 unspecified atom stereocenters. The van der Waals surface area contributed by atoms with Crippen LogP contribution in [0.4, 0.5) is 11.4 Å². The van der Waals surface area contributed by atoms with Gasteiger partial charge in [-0.15, -0.1) is 0 Å². The lowest BCUT2D eigenvalue weighted by molar-refractivity contribution is -0.135. The number of hydroxylamine groups is 2. The van der Waals surface area contributed by atoms with Crippen LogP contribution in [0.25, 0.3) is 0 Å². The molecule has 0 aliphatic carbocycles. The average Bonchev–Trinajstić information content (AvgIpc) is 2.79. The zero-order valence-electron chi connectivity index (χ0n) is 18.8. The number of hydrogen-bond acceptors (Lipinski definition) is 8. The molecule has 0 bridgehead atoms. The molecule has 3 aromatic rings. The van der Waals surface area contributed by atoms with E-state index in [1.807, 2.05) is 26.0 Å². The van der Waals surface area contributed by atoms with Gasteiger partial charge in [-0.3, -0.25) is 20.0 Å². The minimum atomic E-state index is -0.669. The second-order valence-corrected chi connectivity index (χ2v) is 7.94. The van der Waals surface area contributed by atoms with Gasteiger partial charge in [-0.25, -0.2) is 10.1 Å². The molecule has 4 rings (SSSR count). The van der Waals surface area contributed by atoms with Gasteiger partial charge in [0.1, 0.15) is 11.5 Å². The summed E-state index contributed by atoms with van der Waals surface area (Å²) in [7, 11) is 0. The maximum atomic E-state index is 12.7. The van der Waals surface area contributed by atoms with Crippen LogP contribution in [-0.2, 0) is 9.59 Å². The average molecular weight is 460 g/mol. The highest BCUT2D eigenvalue weighted by molar-refractivity contribution is 5.85. The van der Waals surface area contributed by atoms with Crippen molar-refractivity contribution in [2.45, 2.75) is 26.7 Å². The molecule has 0 spiro atoms. The van der Waals surface area contributed by atoms with Crippen molar-refractivity contribution >= 4 is 23.3 Å². The number of rotatable bonds is 6. The van der Waals surface area contributed by atoms with Gasteiger partial charge in [0.15, 0.2) is 0 Å². The summed E-state index contributed by atoms with van der Waals surface area (Å²) in [4.78, 5) is 25.4. The topological polar surface area (TPSA) is 99.5 Å². The fraction of sp³-hybridized carbons (Fsp3) is 0.154. The summed E-state index contributed by atoms with van der Waals surface area (Å²) < 4.78 is 10.8. The van der Waals surface area contributed by atoms with Gasteiger partial charge in [0, 0.05) is 0 Å². The largest absolute Gasteiger partial charge is 0.426 e. The number of anilines is 2. The van der Waals surface area contributed by atoms with Crippen molar-refractivity contribution in [2.75, 3.05) is 10.1 Å². The Balaban J connectivity index is 1.61. The van der Waals surface area contributed by atoms with E-state index in [-0.39, 0.29) is 22.8 Å². The van der Waals surface area contributed by atoms with Crippen LogP contribution < -0.4 is 19.6 Å². The summed E-state index contributed by atoms with van der Waals surface area (Å²) in [6, 6.07) is 20.5. The zero-order chi connectivity index (χ0) is 24.2. The standard InChI is InChI=1S/C26H24N2O6/c1-17-7-5-9-19(13-17)33-25(29)15-23-24(16-26(30)34-20-10-6-8-18(2)14-20)28(32)22-12-4-3-11-21(22)27(23)31/h3-14,31-32H,15-16H2,1-2H3. The normalized spacial score (nSPS) is 12.9. The first-order valence-electron chi connectivity index (χ1n) is 10.7. The summed E-state index contributed by atoms with van der Waals surface area (Å²) in [5.74, 6) is -0.630. The van der Waals surface area contributed by atoms with Crippen molar-refractivity contribution in [1.29, 1.82) is 0 Å². The lowest BCUT2D eigenvalue weighted by Gasteiger charge is -2.35. The molecule has 0 amide bonds. The molecule has 1 aliphatic rings. The lowest BCUT2D eigenvalue weighted by atomic mass is 10.1. The van der Waals surface area contributed by atoms with E-state index in [1.165, 1.54) is 0 Å². The molecule has 8 heteroatoms. The van der Waals surface area contributed by atoms with Gasteiger partial charge in [-0.2, -0.15) is 0 Å². The highest BCUT2D eigenvalue weighted by Gasteiger charge is 2.32. The van der Waals surface area contributed by atoms with E-state index in [2.05, 4.69) is 0 Å². The highest BCUT2D eigenvalue weighted by atomic mass is 16.5. The van der Waals surface area contributed by atoms with Crippen molar-refractivity contribution in [3.63, 3.8) is 0 Å². The van der Waals surface area contributed by atoms with Crippen LogP contribution in [0, 0.1) is 13.8 Å². The van der Waals surface area contributed by atoms with Crippen LogP contribution in [0.5, 0.6) is 11.5 Å². The summed E-state index contributed by atoms with van der Waals surface area (Å²) in [6.07, 6.45) is -0.800. The van der Waals surface area contributed by atoms with Crippen molar-refractivity contribution in [3.8, 4) is 11.5 Å². The molecule has 1 heterocycles. The first kappa shape index (κ1) is 23.0. The number of aryl methyl sites for hydroxylation is 2. The minimum absolute atomic E-state index is 0.0000419. The molecule has 0 saturated heterocycles. The van der Waals surface area contributed by atoms with Gasteiger partial charge in [-0.1, -0.05) is 36.4 Å². The molecular formula is C26H24N2O6. The second kappa shape index (κ2) is 9.78. The number of para-hydroxylation sites is 2. The Bertz CT molecular complexity index is 1170. The number of nitrogens with zero attached hydrogens (tertiary/aromatic N) is 2. The van der Waals surface area contributed by atoms with E-state index in [4.69, 9.17) is 9.47 Å². The SMILES string of the molecule is Cc1cccc(OC(=O)CC2=C(CC(=O)Oc3cccc(C)c3)N(O)c3ccccc3N2O)c1. The van der Waals surface area contributed by atoms with Gasteiger partial charge in [0.2, 0.25) is 0 Å². The van der Waals surface area contributed by atoms with Gasteiger partial charge < -0.3 is 9.47 Å². The van der Waals surface area contributed by atoms with Crippen LogP contribution in [0.15, 0.2) is 84.2 Å². The molecular weight excluding hydrogens is 436 g/mol.